The van der Waals surface area contributed by atoms with Crippen molar-refractivity contribution < 1.29 is 14.3 Å². The van der Waals surface area contributed by atoms with Gasteiger partial charge in [0.15, 0.2) is 0 Å². The molecule has 0 aromatic heterocycles. The molecule has 1 fully saturated rings. The van der Waals surface area contributed by atoms with Crippen LogP contribution in [0.1, 0.15) is 32.6 Å². The summed E-state index contributed by atoms with van der Waals surface area (Å²) in [5.41, 5.74) is 0. The van der Waals surface area contributed by atoms with Crippen LogP contribution in [0.25, 0.3) is 0 Å². The van der Waals surface area contributed by atoms with Gasteiger partial charge >= 0.3 is 5.97 Å². The number of piperidine rings is 1. The molecule has 1 aliphatic heterocycles. The summed E-state index contributed by atoms with van der Waals surface area (Å²) >= 11 is 0. The molecule has 5 heteroatoms. The molecule has 0 atom stereocenters. The molecule has 0 bridgehead atoms. The van der Waals surface area contributed by atoms with Crippen LogP contribution in [0.15, 0.2) is 0 Å². The maximum atomic E-state index is 11.3. The Morgan fingerprint density at radius 1 is 1.33 bits per heavy atom. The Bertz CT molecular complexity index is 286. The Morgan fingerprint density at radius 2 is 1.94 bits per heavy atom. The number of esters is 1. The van der Waals surface area contributed by atoms with Gasteiger partial charge in [-0.3, -0.25) is 9.59 Å². The standard InChI is InChI=1S/C13H24N2O3/c1-11(16)14(2)12-6-9-15(10-7-12)8-4-5-13(17)18-3/h12H,4-10H2,1-3H3. The van der Waals surface area contributed by atoms with Gasteiger partial charge in [-0.1, -0.05) is 0 Å². The molecule has 0 spiro atoms. The Balaban J connectivity index is 2.19. The smallest absolute Gasteiger partial charge is 0.305 e. The first-order valence-corrected chi connectivity index (χ1v) is 6.57. The molecule has 1 saturated heterocycles. The van der Waals surface area contributed by atoms with Crippen molar-refractivity contribution in [1.82, 2.24) is 9.80 Å². The average Bonchev–Trinajstić information content (AvgIpc) is 2.38. The third kappa shape index (κ3) is 4.64. The van der Waals surface area contributed by atoms with E-state index in [-0.39, 0.29) is 11.9 Å². The van der Waals surface area contributed by atoms with Crippen LogP contribution in [-0.2, 0) is 14.3 Å². The minimum absolute atomic E-state index is 0.138. The minimum atomic E-state index is -0.138. The predicted molar refractivity (Wildman–Crippen MR) is 69.2 cm³/mol. The molecule has 1 amide bonds. The molecule has 0 radical (unpaired) electrons. The molecule has 0 saturated carbocycles. The second kappa shape index (κ2) is 7.36. The maximum Gasteiger partial charge on any atom is 0.305 e. The molecule has 5 nitrogen and oxygen atoms in total. The first-order chi connectivity index (χ1) is 8.54. The summed E-state index contributed by atoms with van der Waals surface area (Å²) in [4.78, 5) is 26.4. The highest BCUT2D eigenvalue weighted by Crippen LogP contribution is 2.15. The molecule has 0 aliphatic carbocycles. The maximum absolute atomic E-state index is 11.3. The third-order valence-corrected chi connectivity index (χ3v) is 3.68. The van der Waals surface area contributed by atoms with Crippen molar-refractivity contribution >= 4 is 11.9 Å². The lowest BCUT2D eigenvalue weighted by molar-refractivity contribution is -0.140. The summed E-state index contributed by atoms with van der Waals surface area (Å²) < 4.78 is 4.61. The molecular formula is C13H24N2O3. The zero-order valence-corrected chi connectivity index (χ0v) is 11.6. The first-order valence-electron chi connectivity index (χ1n) is 6.57. The zero-order chi connectivity index (χ0) is 13.5. The average molecular weight is 256 g/mol. The number of carbonyl (C=O) groups is 2. The topological polar surface area (TPSA) is 49.9 Å². The number of hydrogen-bond donors (Lipinski definition) is 0. The van der Waals surface area contributed by atoms with E-state index < -0.39 is 0 Å². The number of hydrogen-bond acceptors (Lipinski definition) is 4. The van der Waals surface area contributed by atoms with Crippen molar-refractivity contribution in [1.29, 1.82) is 0 Å². The highest BCUT2D eigenvalue weighted by Gasteiger charge is 2.23. The molecule has 1 heterocycles. The minimum Gasteiger partial charge on any atom is -0.469 e. The van der Waals surface area contributed by atoms with Crippen LogP contribution in [0.2, 0.25) is 0 Å². The molecule has 0 aromatic carbocycles. The van der Waals surface area contributed by atoms with E-state index in [2.05, 4.69) is 9.64 Å². The second-order valence-corrected chi connectivity index (χ2v) is 4.88. The van der Waals surface area contributed by atoms with Gasteiger partial charge in [0.2, 0.25) is 5.91 Å². The van der Waals surface area contributed by atoms with Gasteiger partial charge in [0.1, 0.15) is 0 Å². The quantitative estimate of drug-likeness (QED) is 0.685. The van der Waals surface area contributed by atoms with Crippen LogP contribution in [0, 0.1) is 0 Å². The SMILES string of the molecule is COC(=O)CCCN1CCC(N(C)C(C)=O)CC1. The largest absolute Gasteiger partial charge is 0.469 e. The van der Waals surface area contributed by atoms with Crippen LogP contribution in [0.3, 0.4) is 0 Å². The van der Waals surface area contributed by atoms with Gasteiger partial charge in [-0.25, -0.2) is 0 Å². The summed E-state index contributed by atoms with van der Waals surface area (Å²) in [6.07, 6.45) is 3.38. The van der Waals surface area contributed by atoms with E-state index in [9.17, 15) is 9.59 Å². The molecule has 0 aromatic rings. The molecule has 18 heavy (non-hydrogen) atoms. The molecular weight excluding hydrogens is 232 g/mol. The number of methoxy groups -OCH3 is 1. The van der Waals surface area contributed by atoms with Crippen LogP contribution in [0.5, 0.6) is 0 Å². The molecule has 1 aliphatic rings. The first kappa shape index (κ1) is 15.0. The lowest BCUT2D eigenvalue weighted by Crippen LogP contribution is -2.45. The normalized spacial score (nSPS) is 17.5. The van der Waals surface area contributed by atoms with Crippen molar-refractivity contribution in [3.63, 3.8) is 0 Å². The second-order valence-electron chi connectivity index (χ2n) is 4.88. The number of nitrogens with zero attached hydrogens (tertiary/aromatic N) is 2. The zero-order valence-electron chi connectivity index (χ0n) is 11.6. The van der Waals surface area contributed by atoms with E-state index in [1.165, 1.54) is 7.11 Å². The van der Waals surface area contributed by atoms with E-state index >= 15 is 0 Å². The Kier molecular flexibility index (Phi) is 6.12. The van der Waals surface area contributed by atoms with E-state index in [4.69, 9.17) is 0 Å². The predicted octanol–water partition coefficient (Wildman–Crippen LogP) is 0.882. The fraction of sp³-hybridized carbons (Fsp3) is 0.846. The summed E-state index contributed by atoms with van der Waals surface area (Å²) in [6, 6.07) is 0.374. The Labute approximate surface area is 109 Å². The molecule has 0 N–H and O–H groups in total. The van der Waals surface area contributed by atoms with Gasteiger partial charge in [-0.15, -0.1) is 0 Å². The summed E-state index contributed by atoms with van der Waals surface area (Å²) in [5, 5.41) is 0. The van der Waals surface area contributed by atoms with Gasteiger partial charge in [0.05, 0.1) is 7.11 Å². The van der Waals surface area contributed by atoms with E-state index in [1.54, 1.807) is 6.92 Å². The number of ether oxygens (including phenoxy) is 1. The van der Waals surface area contributed by atoms with Crippen molar-refractivity contribution in [2.75, 3.05) is 33.8 Å². The van der Waals surface area contributed by atoms with Gasteiger partial charge in [-0.05, 0) is 25.8 Å². The summed E-state index contributed by atoms with van der Waals surface area (Å²) in [7, 11) is 3.30. The van der Waals surface area contributed by atoms with Crippen LogP contribution < -0.4 is 0 Å². The summed E-state index contributed by atoms with van der Waals surface area (Å²) in [5.74, 6) is 0.000315. The number of likely N-dealkylation sites (tertiary alicyclic amines) is 1. The van der Waals surface area contributed by atoms with Gasteiger partial charge in [-0.2, -0.15) is 0 Å². The molecule has 0 unspecified atom stereocenters. The van der Waals surface area contributed by atoms with Crippen molar-refractivity contribution in [2.45, 2.75) is 38.6 Å². The van der Waals surface area contributed by atoms with E-state index in [1.807, 2.05) is 11.9 Å². The molecule has 1 rings (SSSR count). The number of carbonyl (C=O) groups excluding carboxylic acids is 2. The van der Waals surface area contributed by atoms with Gasteiger partial charge < -0.3 is 14.5 Å². The molecule has 104 valence electrons. The highest BCUT2D eigenvalue weighted by atomic mass is 16.5. The third-order valence-electron chi connectivity index (χ3n) is 3.68. The van der Waals surface area contributed by atoms with Gasteiger partial charge in [0.25, 0.3) is 0 Å². The lowest BCUT2D eigenvalue weighted by atomic mass is 10.0. The summed E-state index contributed by atoms with van der Waals surface area (Å²) in [6.45, 7) is 4.56. The fourth-order valence-corrected chi connectivity index (χ4v) is 2.34. The monoisotopic (exact) mass is 256 g/mol. The highest BCUT2D eigenvalue weighted by molar-refractivity contribution is 5.73. The van der Waals surface area contributed by atoms with E-state index in [0.29, 0.717) is 12.5 Å². The lowest BCUT2D eigenvalue weighted by Gasteiger charge is -2.36. The Hall–Kier alpha value is -1.10. The number of rotatable bonds is 5. The van der Waals surface area contributed by atoms with Crippen LogP contribution in [-0.4, -0.2) is 61.5 Å². The van der Waals surface area contributed by atoms with Crippen LogP contribution >= 0.6 is 0 Å². The fourth-order valence-electron chi connectivity index (χ4n) is 2.34. The number of amides is 1. The Morgan fingerprint density at radius 3 is 2.44 bits per heavy atom. The van der Waals surface area contributed by atoms with Gasteiger partial charge in [0, 0.05) is 39.5 Å². The van der Waals surface area contributed by atoms with Crippen molar-refractivity contribution in [3.05, 3.63) is 0 Å². The van der Waals surface area contributed by atoms with Crippen LogP contribution in [0.4, 0.5) is 0 Å². The van der Waals surface area contributed by atoms with Crippen molar-refractivity contribution in [3.8, 4) is 0 Å². The van der Waals surface area contributed by atoms with Crippen molar-refractivity contribution in [2.24, 2.45) is 0 Å². The van der Waals surface area contributed by atoms with E-state index in [0.717, 1.165) is 38.9 Å².